The Hall–Kier alpha value is -1.46. The molecule has 1 atom stereocenters. The second-order valence-electron chi connectivity index (χ2n) is 4.98. The average Bonchev–Trinajstić information content (AvgIpc) is 2.86. The van der Waals surface area contributed by atoms with Gasteiger partial charge in [-0.25, -0.2) is 9.37 Å². The summed E-state index contributed by atoms with van der Waals surface area (Å²) in [7, 11) is 1.49. The fourth-order valence-electron chi connectivity index (χ4n) is 2.35. The molecule has 0 aliphatic heterocycles. The Morgan fingerprint density at radius 1 is 1.38 bits per heavy atom. The normalized spacial score (nSPS) is 12.4. The third-order valence-corrected chi connectivity index (χ3v) is 4.30. The molecule has 114 valence electrons. The highest BCUT2D eigenvalue weighted by molar-refractivity contribution is 7.09. The van der Waals surface area contributed by atoms with Crippen LogP contribution < -0.4 is 10.1 Å². The minimum absolute atomic E-state index is 0.169. The molecule has 0 fully saturated rings. The van der Waals surface area contributed by atoms with E-state index in [-0.39, 0.29) is 11.9 Å². The van der Waals surface area contributed by atoms with Crippen molar-refractivity contribution in [3.8, 4) is 5.75 Å². The van der Waals surface area contributed by atoms with Crippen molar-refractivity contribution < 1.29 is 9.13 Å². The van der Waals surface area contributed by atoms with Gasteiger partial charge in [0.2, 0.25) is 0 Å². The number of rotatable bonds is 7. The molecule has 21 heavy (non-hydrogen) atoms. The zero-order valence-corrected chi connectivity index (χ0v) is 13.5. The molecule has 5 heteroatoms. The summed E-state index contributed by atoms with van der Waals surface area (Å²) in [4.78, 5) is 4.49. The summed E-state index contributed by atoms with van der Waals surface area (Å²) in [6.45, 7) is 4.90. The topological polar surface area (TPSA) is 34.2 Å². The van der Waals surface area contributed by atoms with E-state index in [4.69, 9.17) is 4.74 Å². The Morgan fingerprint density at radius 2 is 2.19 bits per heavy atom. The minimum Gasteiger partial charge on any atom is -0.494 e. The summed E-state index contributed by atoms with van der Waals surface area (Å²) in [5.74, 6) is 0.0334. The molecular weight excluding hydrogens is 287 g/mol. The van der Waals surface area contributed by atoms with Gasteiger partial charge < -0.3 is 10.1 Å². The Balaban J connectivity index is 2.12. The van der Waals surface area contributed by atoms with Gasteiger partial charge in [-0.2, -0.15) is 0 Å². The maximum atomic E-state index is 14.3. The lowest BCUT2D eigenvalue weighted by Gasteiger charge is -2.17. The van der Waals surface area contributed by atoms with E-state index in [1.54, 1.807) is 17.4 Å². The van der Waals surface area contributed by atoms with Gasteiger partial charge in [-0.05, 0) is 31.5 Å². The van der Waals surface area contributed by atoms with Crippen molar-refractivity contribution in [3.63, 3.8) is 0 Å². The molecule has 0 saturated carbocycles. The van der Waals surface area contributed by atoms with Crippen LogP contribution in [0.3, 0.4) is 0 Å². The average molecular weight is 308 g/mol. The second-order valence-corrected chi connectivity index (χ2v) is 5.92. The zero-order valence-electron chi connectivity index (χ0n) is 12.6. The molecule has 0 radical (unpaired) electrons. The molecule has 1 N–H and O–H groups in total. The number of aromatic nitrogens is 1. The first kappa shape index (κ1) is 15.9. The molecule has 2 aromatic rings. The van der Waals surface area contributed by atoms with Crippen LogP contribution in [0.2, 0.25) is 0 Å². The lowest BCUT2D eigenvalue weighted by Crippen LogP contribution is -2.33. The highest BCUT2D eigenvalue weighted by atomic mass is 32.1. The van der Waals surface area contributed by atoms with Crippen molar-refractivity contribution in [1.29, 1.82) is 0 Å². The summed E-state index contributed by atoms with van der Waals surface area (Å²) in [5.41, 5.74) is 1.71. The van der Waals surface area contributed by atoms with Crippen molar-refractivity contribution in [3.05, 3.63) is 45.7 Å². The molecule has 0 saturated heterocycles. The number of methoxy groups -OCH3 is 1. The largest absolute Gasteiger partial charge is 0.494 e. The SMILES string of the molecule is CCNC(Cc1nc(C)cs1)Cc1cccc(OC)c1F. The van der Waals surface area contributed by atoms with Crippen LogP contribution in [0.15, 0.2) is 23.6 Å². The van der Waals surface area contributed by atoms with E-state index in [0.29, 0.717) is 17.7 Å². The number of nitrogens with zero attached hydrogens (tertiary/aromatic N) is 1. The predicted molar refractivity (Wildman–Crippen MR) is 84.7 cm³/mol. The molecule has 0 aliphatic carbocycles. The van der Waals surface area contributed by atoms with Crippen molar-refractivity contribution >= 4 is 11.3 Å². The standard InChI is InChI=1S/C16H21FN2OS/c1-4-18-13(9-15-19-11(2)10-21-15)8-12-6-5-7-14(20-3)16(12)17/h5-7,10,13,18H,4,8-9H2,1-3H3. The molecule has 3 nitrogen and oxygen atoms in total. The highest BCUT2D eigenvalue weighted by Crippen LogP contribution is 2.22. The highest BCUT2D eigenvalue weighted by Gasteiger charge is 2.16. The summed E-state index contributed by atoms with van der Waals surface area (Å²) in [6.07, 6.45) is 1.43. The summed E-state index contributed by atoms with van der Waals surface area (Å²) in [6, 6.07) is 5.45. The van der Waals surface area contributed by atoms with E-state index in [1.807, 2.05) is 24.4 Å². The molecule has 2 rings (SSSR count). The Kier molecular flexibility index (Phi) is 5.70. The number of hydrogen-bond acceptors (Lipinski definition) is 4. The molecular formula is C16H21FN2OS. The Morgan fingerprint density at radius 3 is 2.81 bits per heavy atom. The Labute approximate surface area is 129 Å². The number of halogens is 1. The van der Waals surface area contributed by atoms with Gasteiger partial charge in [0, 0.05) is 23.5 Å². The van der Waals surface area contributed by atoms with Crippen molar-refractivity contribution in [1.82, 2.24) is 10.3 Å². The van der Waals surface area contributed by atoms with Crippen LogP contribution in [-0.4, -0.2) is 24.7 Å². The summed E-state index contributed by atoms with van der Waals surface area (Å²) >= 11 is 1.66. The molecule has 1 aromatic carbocycles. The number of nitrogens with one attached hydrogen (secondary N) is 1. The van der Waals surface area contributed by atoms with Crippen LogP contribution >= 0.6 is 11.3 Å². The van der Waals surface area contributed by atoms with Crippen molar-refractivity contribution in [2.75, 3.05) is 13.7 Å². The van der Waals surface area contributed by atoms with Crippen LogP contribution in [0.1, 0.15) is 23.2 Å². The molecule has 1 aromatic heterocycles. The zero-order chi connectivity index (χ0) is 15.2. The van der Waals surface area contributed by atoms with Crippen LogP contribution in [0.25, 0.3) is 0 Å². The first-order valence-electron chi connectivity index (χ1n) is 7.09. The molecule has 0 spiro atoms. The summed E-state index contributed by atoms with van der Waals surface area (Å²) in [5, 5.41) is 6.54. The maximum Gasteiger partial charge on any atom is 0.168 e. The molecule has 0 bridgehead atoms. The number of thiazole rings is 1. The van der Waals surface area contributed by atoms with Gasteiger partial charge in [-0.1, -0.05) is 19.1 Å². The van der Waals surface area contributed by atoms with Gasteiger partial charge in [0.05, 0.1) is 12.1 Å². The lowest BCUT2D eigenvalue weighted by atomic mass is 10.0. The molecule has 1 heterocycles. The first-order valence-corrected chi connectivity index (χ1v) is 7.97. The fourth-order valence-corrected chi connectivity index (χ4v) is 3.20. The van der Waals surface area contributed by atoms with E-state index in [2.05, 4.69) is 17.2 Å². The van der Waals surface area contributed by atoms with Gasteiger partial charge in [0.1, 0.15) is 0 Å². The smallest absolute Gasteiger partial charge is 0.168 e. The van der Waals surface area contributed by atoms with Crippen molar-refractivity contribution in [2.45, 2.75) is 32.7 Å². The summed E-state index contributed by atoms with van der Waals surface area (Å²) < 4.78 is 19.3. The van der Waals surface area contributed by atoms with Crippen LogP contribution in [0, 0.1) is 12.7 Å². The molecule has 1 unspecified atom stereocenters. The number of aryl methyl sites for hydroxylation is 1. The fraction of sp³-hybridized carbons (Fsp3) is 0.438. The third kappa shape index (κ3) is 4.25. The van der Waals surface area contributed by atoms with E-state index >= 15 is 0 Å². The van der Waals surface area contributed by atoms with Gasteiger partial charge in [0.25, 0.3) is 0 Å². The third-order valence-electron chi connectivity index (χ3n) is 3.31. The lowest BCUT2D eigenvalue weighted by molar-refractivity contribution is 0.382. The number of hydrogen-bond donors (Lipinski definition) is 1. The van der Waals surface area contributed by atoms with Gasteiger partial charge in [-0.3, -0.25) is 0 Å². The van der Waals surface area contributed by atoms with E-state index in [9.17, 15) is 4.39 Å². The molecule has 0 aliphatic rings. The maximum absolute atomic E-state index is 14.3. The van der Waals surface area contributed by atoms with Crippen LogP contribution in [-0.2, 0) is 12.8 Å². The second kappa shape index (κ2) is 7.52. The van der Waals surface area contributed by atoms with E-state index in [1.165, 1.54) is 7.11 Å². The van der Waals surface area contributed by atoms with Crippen LogP contribution in [0.4, 0.5) is 4.39 Å². The Bertz CT molecular complexity index is 585. The minimum atomic E-state index is -0.266. The van der Waals surface area contributed by atoms with Gasteiger partial charge >= 0.3 is 0 Å². The van der Waals surface area contributed by atoms with Gasteiger partial charge in [-0.15, -0.1) is 11.3 Å². The number of likely N-dealkylation sites (N-methyl/N-ethyl adjacent to an activating group) is 1. The van der Waals surface area contributed by atoms with Crippen LogP contribution in [0.5, 0.6) is 5.75 Å². The monoisotopic (exact) mass is 308 g/mol. The van der Waals surface area contributed by atoms with E-state index in [0.717, 1.165) is 23.7 Å². The number of ether oxygens (including phenoxy) is 1. The predicted octanol–water partition coefficient (Wildman–Crippen LogP) is 3.36. The first-order chi connectivity index (χ1) is 10.1. The number of benzene rings is 1. The van der Waals surface area contributed by atoms with Crippen molar-refractivity contribution in [2.24, 2.45) is 0 Å². The molecule has 0 amide bonds. The van der Waals surface area contributed by atoms with Gasteiger partial charge in [0.15, 0.2) is 11.6 Å². The quantitative estimate of drug-likeness (QED) is 0.851. The van der Waals surface area contributed by atoms with E-state index < -0.39 is 0 Å².